The second-order valence-corrected chi connectivity index (χ2v) is 4.09. The van der Waals surface area contributed by atoms with Gasteiger partial charge in [0.05, 0.1) is 11.8 Å². The Hall–Kier alpha value is -2.29. The Kier molecular flexibility index (Phi) is 2.11. The largest absolute Gasteiger partial charge is 0.472 e. The van der Waals surface area contributed by atoms with Crippen LogP contribution < -0.4 is 0 Å². The van der Waals surface area contributed by atoms with Crippen LogP contribution in [0.4, 0.5) is 0 Å². The summed E-state index contributed by atoms with van der Waals surface area (Å²) in [5.41, 5.74) is 3.37. The Balaban J connectivity index is 2.18. The maximum absolute atomic E-state index is 12.2. The predicted molar refractivity (Wildman–Crippen MR) is 65.2 cm³/mol. The third-order valence-electron chi connectivity index (χ3n) is 2.87. The Morgan fingerprint density at radius 3 is 2.94 bits per heavy atom. The van der Waals surface area contributed by atoms with Crippen molar-refractivity contribution in [1.82, 2.24) is 4.98 Å². The minimum absolute atomic E-state index is 0.0180. The molecular formula is C14H11NO2. The van der Waals surface area contributed by atoms with Crippen LogP contribution in [0.1, 0.15) is 21.5 Å². The fourth-order valence-electron chi connectivity index (χ4n) is 1.97. The van der Waals surface area contributed by atoms with E-state index in [0.29, 0.717) is 11.1 Å². The van der Waals surface area contributed by atoms with Crippen LogP contribution in [0.3, 0.4) is 0 Å². The first kappa shape index (κ1) is 9.90. The van der Waals surface area contributed by atoms with Crippen molar-refractivity contribution in [2.75, 3.05) is 0 Å². The zero-order valence-corrected chi connectivity index (χ0v) is 9.36. The molecule has 0 saturated heterocycles. The SMILES string of the molecule is Cc1ccc2[nH]cc(C(=O)c3ccoc3)c2c1. The summed E-state index contributed by atoms with van der Waals surface area (Å²) < 4.78 is 4.94. The smallest absolute Gasteiger partial charge is 0.198 e. The van der Waals surface area contributed by atoms with Crippen molar-refractivity contribution in [2.45, 2.75) is 6.92 Å². The number of hydrogen-bond acceptors (Lipinski definition) is 2. The third-order valence-corrected chi connectivity index (χ3v) is 2.87. The van der Waals surface area contributed by atoms with Gasteiger partial charge in [0.25, 0.3) is 0 Å². The van der Waals surface area contributed by atoms with E-state index in [0.717, 1.165) is 16.5 Å². The van der Waals surface area contributed by atoms with Crippen LogP contribution in [0.15, 0.2) is 47.4 Å². The summed E-state index contributed by atoms with van der Waals surface area (Å²) in [5.74, 6) is -0.0180. The summed E-state index contributed by atoms with van der Waals surface area (Å²) in [6.45, 7) is 2.01. The summed E-state index contributed by atoms with van der Waals surface area (Å²) in [6, 6.07) is 7.69. The van der Waals surface area contributed by atoms with E-state index < -0.39 is 0 Å². The van der Waals surface area contributed by atoms with Gasteiger partial charge in [-0.2, -0.15) is 0 Å². The fraction of sp³-hybridized carbons (Fsp3) is 0.0714. The molecule has 0 saturated carbocycles. The maximum Gasteiger partial charge on any atom is 0.198 e. The molecule has 1 aromatic carbocycles. The molecule has 1 N–H and O–H groups in total. The molecule has 3 heteroatoms. The molecule has 0 fully saturated rings. The zero-order valence-electron chi connectivity index (χ0n) is 9.36. The molecule has 3 rings (SSSR count). The van der Waals surface area contributed by atoms with Gasteiger partial charge in [0.2, 0.25) is 0 Å². The monoisotopic (exact) mass is 225 g/mol. The van der Waals surface area contributed by atoms with Gasteiger partial charge in [-0.3, -0.25) is 4.79 Å². The normalized spacial score (nSPS) is 10.9. The van der Waals surface area contributed by atoms with Gasteiger partial charge in [-0.25, -0.2) is 0 Å². The molecule has 0 radical (unpaired) electrons. The van der Waals surface area contributed by atoms with E-state index in [1.165, 1.54) is 12.5 Å². The van der Waals surface area contributed by atoms with Gasteiger partial charge in [0, 0.05) is 22.7 Å². The minimum Gasteiger partial charge on any atom is -0.472 e. The highest BCUT2D eigenvalue weighted by atomic mass is 16.3. The zero-order chi connectivity index (χ0) is 11.8. The van der Waals surface area contributed by atoms with Crippen molar-refractivity contribution in [3.63, 3.8) is 0 Å². The number of benzene rings is 1. The summed E-state index contributed by atoms with van der Waals surface area (Å²) in [4.78, 5) is 15.3. The van der Waals surface area contributed by atoms with E-state index in [-0.39, 0.29) is 5.78 Å². The average molecular weight is 225 g/mol. The van der Waals surface area contributed by atoms with E-state index in [2.05, 4.69) is 4.98 Å². The van der Waals surface area contributed by atoms with Crippen LogP contribution >= 0.6 is 0 Å². The Labute approximate surface area is 98.1 Å². The van der Waals surface area contributed by atoms with E-state index >= 15 is 0 Å². The van der Waals surface area contributed by atoms with Crippen molar-refractivity contribution < 1.29 is 9.21 Å². The van der Waals surface area contributed by atoms with E-state index in [1.807, 2.05) is 25.1 Å². The molecule has 2 aromatic heterocycles. The number of aromatic nitrogens is 1. The van der Waals surface area contributed by atoms with Gasteiger partial charge in [-0.05, 0) is 25.1 Å². The van der Waals surface area contributed by atoms with Crippen LogP contribution in [0.2, 0.25) is 0 Å². The summed E-state index contributed by atoms with van der Waals surface area (Å²) in [6.07, 6.45) is 4.73. The quantitative estimate of drug-likeness (QED) is 0.680. The number of aromatic amines is 1. The lowest BCUT2D eigenvalue weighted by molar-refractivity contribution is 0.103. The number of fused-ring (bicyclic) bond motifs is 1. The number of carbonyl (C=O) groups is 1. The Bertz CT molecular complexity index is 677. The molecule has 3 aromatic rings. The highest BCUT2D eigenvalue weighted by Gasteiger charge is 2.14. The maximum atomic E-state index is 12.2. The number of hydrogen-bond donors (Lipinski definition) is 1. The van der Waals surface area contributed by atoms with Gasteiger partial charge in [-0.15, -0.1) is 0 Å². The van der Waals surface area contributed by atoms with Crippen molar-refractivity contribution in [1.29, 1.82) is 0 Å². The minimum atomic E-state index is -0.0180. The summed E-state index contributed by atoms with van der Waals surface area (Å²) in [5, 5.41) is 0.955. The summed E-state index contributed by atoms with van der Waals surface area (Å²) >= 11 is 0. The highest BCUT2D eigenvalue weighted by molar-refractivity contribution is 6.16. The molecule has 0 spiro atoms. The van der Waals surface area contributed by atoms with Crippen LogP contribution in [0.25, 0.3) is 10.9 Å². The number of furan rings is 1. The van der Waals surface area contributed by atoms with Gasteiger partial charge >= 0.3 is 0 Å². The van der Waals surface area contributed by atoms with Crippen molar-refractivity contribution in [3.05, 3.63) is 59.7 Å². The number of rotatable bonds is 2. The molecule has 0 unspecified atom stereocenters. The van der Waals surface area contributed by atoms with Crippen molar-refractivity contribution in [2.24, 2.45) is 0 Å². The molecule has 0 bridgehead atoms. The lowest BCUT2D eigenvalue weighted by atomic mass is 10.0. The molecule has 3 nitrogen and oxygen atoms in total. The average Bonchev–Trinajstić information content (AvgIpc) is 2.97. The van der Waals surface area contributed by atoms with Gasteiger partial charge in [0.15, 0.2) is 5.78 Å². The summed E-state index contributed by atoms with van der Waals surface area (Å²) in [7, 11) is 0. The second-order valence-electron chi connectivity index (χ2n) is 4.09. The molecule has 0 amide bonds. The molecule has 0 atom stereocenters. The van der Waals surface area contributed by atoms with Crippen molar-refractivity contribution in [3.8, 4) is 0 Å². The van der Waals surface area contributed by atoms with Crippen molar-refractivity contribution >= 4 is 16.7 Å². The lowest BCUT2D eigenvalue weighted by Gasteiger charge is -1.97. The van der Waals surface area contributed by atoms with Crippen LogP contribution in [-0.4, -0.2) is 10.8 Å². The molecule has 0 aliphatic rings. The van der Waals surface area contributed by atoms with Gasteiger partial charge < -0.3 is 9.40 Å². The van der Waals surface area contributed by atoms with Gasteiger partial charge in [0.1, 0.15) is 6.26 Å². The lowest BCUT2D eigenvalue weighted by Crippen LogP contribution is -1.97. The number of nitrogens with one attached hydrogen (secondary N) is 1. The van der Waals surface area contributed by atoms with E-state index in [1.54, 1.807) is 12.3 Å². The number of aryl methyl sites for hydroxylation is 1. The van der Waals surface area contributed by atoms with E-state index in [9.17, 15) is 4.79 Å². The first-order chi connectivity index (χ1) is 8.25. The molecule has 2 heterocycles. The highest BCUT2D eigenvalue weighted by Crippen LogP contribution is 2.22. The Morgan fingerprint density at radius 2 is 2.18 bits per heavy atom. The van der Waals surface area contributed by atoms with Crippen LogP contribution in [0.5, 0.6) is 0 Å². The number of ketones is 1. The molecule has 84 valence electrons. The molecule has 0 aliphatic heterocycles. The van der Waals surface area contributed by atoms with E-state index in [4.69, 9.17) is 4.42 Å². The topological polar surface area (TPSA) is 46.0 Å². The first-order valence-electron chi connectivity index (χ1n) is 5.40. The molecule has 17 heavy (non-hydrogen) atoms. The second kappa shape index (κ2) is 3.63. The first-order valence-corrected chi connectivity index (χ1v) is 5.40. The Morgan fingerprint density at radius 1 is 1.29 bits per heavy atom. The van der Waals surface area contributed by atoms with Crippen LogP contribution in [0, 0.1) is 6.92 Å². The van der Waals surface area contributed by atoms with Crippen LogP contribution in [-0.2, 0) is 0 Å². The predicted octanol–water partition coefficient (Wildman–Crippen LogP) is 3.30. The third kappa shape index (κ3) is 1.56. The number of H-pyrrole nitrogens is 1. The number of carbonyl (C=O) groups excluding carboxylic acids is 1. The fourth-order valence-corrected chi connectivity index (χ4v) is 1.97. The van der Waals surface area contributed by atoms with Gasteiger partial charge in [-0.1, -0.05) is 11.6 Å². The molecule has 0 aliphatic carbocycles. The molecular weight excluding hydrogens is 214 g/mol. The standard InChI is InChI=1S/C14H11NO2/c1-9-2-3-13-11(6-9)12(7-15-13)14(16)10-4-5-17-8-10/h2-8,15H,1H3.